The molecule has 5 nitrogen and oxygen atoms in total. The third-order valence-corrected chi connectivity index (χ3v) is 4.73. The zero-order chi connectivity index (χ0) is 13.7. The van der Waals surface area contributed by atoms with Gasteiger partial charge in [0, 0.05) is 31.1 Å². The molecule has 0 radical (unpaired) electrons. The maximum absolute atomic E-state index is 5.23. The number of hydrogen-bond acceptors (Lipinski definition) is 5. The summed E-state index contributed by atoms with van der Waals surface area (Å²) in [5.74, 6) is 5.23. The van der Waals surface area contributed by atoms with Crippen molar-refractivity contribution in [1.82, 2.24) is 9.80 Å². The largest absolute Gasteiger partial charge is 0.305 e. The molecule has 0 amide bonds. The average Bonchev–Trinajstić information content (AvgIpc) is 2.94. The molecule has 1 aromatic heterocycles. The Labute approximate surface area is 119 Å². The van der Waals surface area contributed by atoms with Crippen LogP contribution in [0.5, 0.6) is 0 Å². The summed E-state index contributed by atoms with van der Waals surface area (Å²) in [7, 11) is 0. The fourth-order valence-corrected chi connectivity index (χ4v) is 3.67. The molecule has 2 N–H and O–H groups in total. The Morgan fingerprint density at radius 2 is 2.11 bits per heavy atom. The molecule has 0 aromatic carbocycles. The van der Waals surface area contributed by atoms with Gasteiger partial charge >= 0.3 is 0 Å². The van der Waals surface area contributed by atoms with Crippen molar-refractivity contribution in [2.75, 3.05) is 32.7 Å². The Kier molecular flexibility index (Phi) is 5.30. The molecule has 2 heterocycles. The van der Waals surface area contributed by atoms with Crippen LogP contribution in [-0.4, -0.2) is 48.6 Å². The first-order valence-corrected chi connectivity index (χ1v) is 7.74. The van der Waals surface area contributed by atoms with E-state index in [0.717, 1.165) is 32.7 Å². The molecule has 0 bridgehead atoms. The van der Waals surface area contributed by atoms with Crippen LogP contribution in [0.3, 0.4) is 0 Å². The molecule has 0 aliphatic carbocycles. The van der Waals surface area contributed by atoms with E-state index < -0.39 is 0 Å². The number of rotatable bonds is 5. The number of hydrogen-bond donors (Lipinski definition) is 1. The van der Waals surface area contributed by atoms with Gasteiger partial charge in [0.2, 0.25) is 0 Å². The molecule has 0 saturated carbocycles. The first-order valence-electron chi connectivity index (χ1n) is 6.86. The third-order valence-electron chi connectivity index (χ3n) is 3.79. The summed E-state index contributed by atoms with van der Waals surface area (Å²) < 4.78 is 0. The van der Waals surface area contributed by atoms with Crippen LogP contribution in [-0.2, 0) is 0 Å². The Balaban J connectivity index is 2.10. The second kappa shape index (κ2) is 6.98. The van der Waals surface area contributed by atoms with Crippen molar-refractivity contribution in [3.05, 3.63) is 22.4 Å². The lowest BCUT2D eigenvalue weighted by Gasteiger charge is -2.39. The van der Waals surface area contributed by atoms with Crippen molar-refractivity contribution < 1.29 is 0 Å². The van der Waals surface area contributed by atoms with E-state index in [9.17, 15) is 0 Å². The summed E-state index contributed by atoms with van der Waals surface area (Å²) in [6.45, 7) is 9.87. The standard InChI is InChI=1S/C13H23N5S/c1-3-17-6-8-18(9-7-17)13(11(2)15-16-14)12-5-4-10-19-12/h4-5,10-11,13H,3,6-9H2,1-2H3,(H2,14,15). The van der Waals surface area contributed by atoms with Crippen LogP contribution in [0.15, 0.2) is 27.9 Å². The highest BCUT2D eigenvalue weighted by molar-refractivity contribution is 7.10. The van der Waals surface area contributed by atoms with Crippen LogP contribution < -0.4 is 5.84 Å². The fourth-order valence-electron chi connectivity index (χ4n) is 2.71. The van der Waals surface area contributed by atoms with Crippen molar-refractivity contribution in [1.29, 1.82) is 0 Å². The van der Waals surface area contributed by atoms with Gasteiger partial charge in [0.1, 0.15) is 0 Å². The molecule has 1 aromatic rings. The van der Waals surface area contributed by atoms with Crippen LogP contribution in [0.2, 0.25) is 0 Å². The highest BCUT2D eigenvalue weighted by Crippen LogP contribution is 2.30. The molecule has 2 rings (SSSR count). The van der Waals surface area contributed by atoms with E-state index in [1.807, 2.05) is 0 Å². The zero-order valence-electron chi connectivity index (χ0n) is 11.7. The van der Waals surface area contributed by atoms with E-state index in [0.29, 0.717) is 6.04 Å². The van der Waals surface area contributed by atoms with Crippen molar-refractivity contribution in [3.63, 3.8) is 0 Å². The van der Waals surface area contributed by atoms with Gasteiger partial charge in [0.05, 0.1) is 12.1 Å². The first kappa shape index (κ1) is 14.4. The Morgan fingerprint density at radius 1 is 1.37 bits per heavy atom. The number of nitrogens with zero attached hydrogens (tertiary/aromatic N) is 4. The summed E-state index contributed by atoms with van der Waals surface area (Å²) in [6.07, 6.45) is 0. The lowest BCUT2D eigenvalue weighted by atomic mass is 10.1. The van der Waals surface area contributed by atoms with E-state index >= 15 is 0 Å². The molecule has 1 saturated heterocycles. The third kappa shape index (κ3) is 3.52. The van der Waals surface area contributed by atoms with Gasteiger partial charge in [-0.2, -0.15) is 5.11 Å². The maximum atomic E-state index is 5.23. The van der Waals surface area contributed by atoms with Gasteiger partial charge in [-0.15, -0.1) is 11.3 Å². The second-order valence-corrected chi connectivity index (χ2v) is 5.88. The smallest absolute Gasteiger partial charge is 0.0905 e. The molecular weight excluding hydrogens is 258 g/mol. The van der Waals surface area contributed by atoms with Gasteiger partial charge in [-0.25, -0.2) is 0 Å². The molecule has 1 fully saturated rings. The number of thiophene rings is 1. The lowest BCUT2D eigenvalue weighted by Crippen LogP contribution is -2.49. The highest BCUT2D eigenvalue weighted by Gasteiger charge is 2.29. The fraction of sp³-hybridized carbons (Fsp3) is 0.692. The monoisotopic (exact) mass is 281 g/mol. The highest BCUT2D eigenvalue weighted by atomic mass is 32.1. The SMILES string of the molecule is CCN1CCN(C(c2cccs2)C(C)N=NN)CC1. The summed E-state index contributed by atoms with van der Waals surface area (Å²) in [4.78, 5) is 6.35. The number of piperazine rings is 1. The summed E-state index contributed by atoms with van der Waals surface area (Å²) in [5, 5.41) is 9.76. The number of likely N-dealkylation sites (N-methyl/N-ethyl adjacent to an activating group) is 1. The summed E-state index contributed by atoms with van der Waals surface area (Å²) in [6, 6.07) is 4.68. The first-order chi connectivity index (χ1) is 9.26. The van der Waals surface area contributed by atoms with Crippen molar-refractivity contribution in [2.45, 2.75) is 25.9 Å². The minimum absolute atomic E-state index is 0.0943. The minimum Gasteiger partial charge on any atom is -0.305 e. The van der Waals surface area contributed by atoms with E-state index in [-0.39, 0.29) is 6.04 Å². The molecule has 106 valence electrons. The molecular formula is C13H23N5S. The average molecular weight is 281 g/mol. The van der Waals surface area contributed by atoms with Gasteiger partial charge in [0.25, 0.3) is 0 Å². The molecule has 0 spiro atoms. The maximum Gasteiger partial charge on any atom is 0.0905 e. The van der Waals surface area contributed by atoms with E-state index in [2.05, 4.69) is 51.5 Å². The minimum atomic E-state index is 0.0943. The van der Waals surface area contributed by atoms with Gasteiger partial charge in [-0.3, -0.25) is 4.90 Å². The molecule has 1 aliphatic rings. The quantitative estimate of drug-likeness (QED) is 0.511. The topological polar surface area (TPSA) is 57.2 Å². The van der Waals surface area contributed by atoms with Gasteiger partial charge < -0.3 is 10.7 Å². The second-order valence-electron chi connectivity index (χ2n) is 4.90. The molecule has 6 heteroatoms. The Bertz CT molecular complexity index is 384. The zero-order valence-corrected chi connectivity index (χ0v) is 12.5. The van der Waals surface area contributed by atoms with Crippen LogP contribution in [0.4, 0.5) is 0 Å². The molecule has 19 heavy (non-hydrogen) atoms. The van der Waals surface area contributed by atoms with E-state index in [4.69, 9.17) is 5.84 Å². The summed E-state index contributed by atoms with van der Waals surface area (Å²) >= 11 is 1.79. The van der Waals surface area contributed by atoms with Crippen LogP contribution >= 0.6 is 11.3 Å². The van der Waals surface area contributed by atoms with E-state index in [1.54, 1.807) is 11.3 Å². The summed E-state index contributed by atoms with van der Waals surface area (Å²) in [5.41, 5.74) is 0. The Hall–Kier alpha value is -0.980. The van der Waals surface area contributed by atoms with Crippen LogP contribution in [0.1, 0.15) is 24.8 Å². The molecule has 2 atom stereocenters. The normalized spacial score (nSPS) is 21.8. The molecule has 2 unspecified atom stereocenters. The van der Waals surface area contributed by atoms with Gasteiger partial charge in [0.15, 0.2) is 0 Å². The predicted octanol–water partition coefficient (Wildman–Crippen LogP) is 2.14. The lowest BCUT2D eigenvalue weighted by molar-refractivity contribution is 0.0905. The van der Waals surface area contributed by atoms with Crippen LogP contribution in [0, 0.1) is 0 Å². The number of nitrogens with two attached hydrogens (primary N) is 1. The van der Waals surface area contributed by atoms with E-state index in [1.165, 1.54) is 4.88 Å². The Morgan fingerprint density at radius 3 is 2.63 bits per heavy atom. The van der Waals surface area contributed by atoms with Crippen molar-refractivity contribution >= 4 is 11.3 Å². The van der Waals surface area contributed by atoms with Crippen molar-refractivity contribution in [2.24, 2.45) is 16.2 Å². The van der Waals surface area contributed by atoms with Crippen LogP contribution in [0.25, 0.3) is 0 Å². The van der Waals surface area contributed by atoms with Crippen molar-refractivity contribution in [3.8, 4) is 0 Å². The van der Waals surface area contributed by atoms with Gasteiger partial charge in [-0.1, -0.05) is 18.2 Å². The van der Waals surface area contributed by atoms with Gasteiger partial charge in [-0.05, 0) is 24.9 Å². The molecule has 1 aliphatic heterocycles. The predicted molar refractivity (Wildman–Crippen MR) is 79.3 cm³/mol.